The summed E-state index contributed by atoms with van der Waals surface area (Å²) in [4.78, 5) is 0. The molecule has 1 saturated carbocycles. The van der Waals surface area contributed by atoms with Gasteiger partial charge in [-0.3, -0.25) is 0 Å². The van der Waals surface area contributed by atoms with E-state index in [9.17, 15) is 0 Å². The third kappa shape index (κ3) is 5.31. The van der Waals surface area contributed by atoms with Crippen molar-refractivity contribution < 1.29 is 0 Å². The maximum absolute atomic E-state index is 5.96. The van der Waals surface area contributed by atoms with Gasteiger partial charge in [0.2, 0.25) is 0 Å². The maximum atomic E-state index is 5.96. The fourth-order valence-electron chi connectivity index (χ4n) is 2.81. The Balaban J connectivity index is 2.11. The zero-order valence-electron chi connectivity index (χ0n) is 11.1. The second-order valence-corrected chi connectivity index (χ2v) is 5.87. The second-order valence-electron chi connectivity index (χ2n) is 5.87. The van der Waals surface area contributed by atoms with Crippen LogP contribution in [0.3, 0.4) is 0 Å². The van der Waals surface area contributed by atoms with Crippen LogP contribution in [-0.2, 0) is 0 Å². The van der Waals surface area contributed by atoms with Crippen molar-refractivity contribution in [3.63, 3.8) is 0 Å². The molecule has 2 heteroatoms. The summed E-state index contributed by atoms with van der Waals surface area (Å²) >= 11 is 0. The van der Waals surface area contributed by atoms with Crippen LogP contribution in [-0.4, -0.2) is 12.1 Å². The maximum Gasteiger partial charge on any atom is 0.00390 e. The predicted octanol–water partition coefficient (Wildman–Crippen LogP) is 3.05. The topological polar surface area (TPSA) is 52.0 Å². The Bertz CT molecular complexity index is 174. The zero-order valence-corrected chi connectivity index (χ0v) is 11.1. The van der Waals surface area contributed by atoms with Gasteiger partial charge >= 0.3 is 0 Å². The molecule has 0 amide bonds. The second kappa shape index (κ2) is 7.29. The summed E-state index contributed by atoms with van der Waals surface area (Å²) in [6, 6.07) is 0.905. The SMILES string of the molecule is CCC(N)CCC(C)CC1CCC(N)CC1. The summed E-state index contributed by atoms with van der Waals surface area (Å²) in [5, 5.41) is 0. The molecule has 0 spiro atoms. The first-order chi connectivity index (χ1) is 7.61. The van der Waals surface area contributed by atoms with E-state index >= 15 is 0 Å². The Morgan fingerprint density at radius 3 is 2.31 bits per heavy atom. The van der Waals surface area contributed by atoms with Gasteiger partial charge in [-0.15, -0.1) is 0 Å². The van der Waals surface area contributed by atoms with E-state index in [4.69, 9.17) is 11.5 Å². The highest BCUT2D eigenvalue weighted by atomic mass is 14.6. The average Bonchev–Trinajstić information content (AvgIpc) is 2.29. The molecule has 1 aliphatic carbocycles. The molecule has 2 unspecified atom stereocenters. The molecule has 0 aromatic carbocycles. The molecule has 16 heavy (non-hydrogen) atoms. The third-order valence-corrected chi connectivity index (χ3v) is 4.18. The molecule has 0 aromatic rings. The van der Waals surface area contributed by atoms with Gasteiger partial charge in [-0.25, -0.2) is 0 Å². The van der Waals surface area contributed by atoms with Crippen LogP contribution in [0.1, 0.15) is 65.2 Å². The highest BCUT2D eigenvalue weighted by Gasteiger charge is 2.20. The molecule has 0 radical (unpaired) electrons. The van der Waals surface area contributed by atoms with Gasteiger partial charge in [-0.05, 0) is 63.2 Å². The number of rotatable bonds is 6. The fourth-order valence-corrected chi connectivity index (χ4v) is 2.81. The minimum absolute atomic E-state index is 0.419. The van der Waals surface area contributed by atoms with Crippen molar-refractivity contribution in [2.75, 3.05) is 0 Å². The molecule has 1 fully saturated rings. The summed E-state index contributed by atoms with van der Waals surface area (Å²) in [6.07, 6.45) is 10.2. The first kappa shape index (κ1) is 14.0. The van der Waals surface area contributed by atoms with Crippen LogP contribution in [0.5, 0.6) is 0 Å². The van der Waals surface area contributed by atoms with Crippen molar-refractivity contribution in [1.29, 1.82) is 0 Å². The Morgan fingerprint density at radius 1 is 1.12 bits per heavy atom. The third-order valence-electron chi connectivity index (χ3n) is 4.18. The molecule has 1 aliphatic rings. The van der Waals surface area contributed by atoms with Crippen molar-refractivity contribution >= 4 is 0 Å². The number of hydrogen-bond donors (Lipinski definition) is 2. The lowest BCUT2D eigenvalue weighted by molar-refractivity contribution is 0.266. The molecular weight excluding hydrogens is 196 g/mol. The predicted molar refractivity (Wildman–Crippen MR) is 71.2 cm³/mol. The average molecular weight is 226 g/mol. The Labute approximate surface area is 101 Å². The van der Waals surface area contributed by atoms with E-state index in [1.165, 1.54) is 44.9 Å². The molecule has 2 atom stereocenters. The lowest BCUT2D eigenvalue weighted by Crippen LogP contribution is -2.27. The molecule has 0 saturated heterocycles. The summed E-state index contributed by atoms with van der Waals surface area (Å²) in [7, 11) is 0. The van der Waals surface area contributed by atoms with Crippen LogP contribution >= 0.6 is 0 Å². The van der Waals surface area contributed by atoms with Crippen LogP contribution < -0.4 is 11.5 Å². The van der Waals surface area contributed by atoms with E-state index in [-0.39, 0.29) is 0 Å². The first-order valence-electron chi connectivity index (χ1n) is 7.13. The molecule has 2 nitrogen and oxygen atoms in total. The van der Waals surface area contributed by atoms with Gasteiger partial charge in [0.1, 0.15) is 0 Å². The molecule has 0 bridgehead atoms. The molecule has 4 N–H and O–H groups in total. The quantitative estimate of drug-likeness (QED) is 0.731. The first-order valence-corrected chi connectivity index (χ1v) is 7.13. The molecule has 0 heterocycles. The van der Waals surface area contributed by atoms with Crippen LogP contribution in [0.25, 0.3) is 0 Å². The monoisotopic (exact) mass is 226 g/mol. The Morgan fingerprint density at radius 2 is 1.75 bits per heavy atom. The molecular formula is C14H30N2. The van der Waals surface area contributed by atoms with E-state index in [1.807, 2.05) is 0 Å². The highest BCUT2D eigenvalue weighted by Crippen LogP contribution is 2.30. The Kier molecular flexibility index (Phi) is 6.37. The molecule has 0 aromatic heterocycles. The largest absolute Gasteiger partial charge is 0.328 e. The van der Waals surface area contributed by atoms with Crippen molar-refractivity contribution in [2.24, 2.45) is 23.3 Å². The van der Waals surface area contributed by atoms with Gasteiger partial charge in [0.15, 0.2) is 0 Å². The summed E-state index contributed by atoms with van der Waals surface area (Å²) in [5.41, 5.74) is 11.9. The van der Waals surface area contributed by atoms with Gasteiger partial charge in [-0.1, -0.05) is 13.8 Å². The van der Waals surface area contributed by atoms with E-state index in [0.29, 0.717) is 12.1 Å². The van der Waals surface area contributed by atoms with Gasteiger partial charge in [0.05, 0.1) is 0 Å². The smallest absolute Gasteiger partial charge is 0.00390 e. The molecule has 96 valence electrons. The van der Waals surface area contributed by atoms with Gasteiger partial charge in [0, 0.05) is 12.1 Å². The fraction of sp³-hybridized carbons (Fsp3) is 1.00. The lowest BCUT2D eigenvalue weighted by atomic mass is 9.80. The standard InChI is InChI=1S/C14H30N2/c1-3-13(15)7-4-11(2)10-12-5-8-14(16)9-6-12/h11-14H,3-10,15-16H2,1-2H3. The minimum Gasteiger partial charge on any atom is -0.328 e. The minimum atomic E-state index is 0.419. The van der Waals surface area contributed by atoms with Crippen LogP contribution in [0.4, 0.5) is 0 Å². The van der Waals surface area contributed by atoms with E-state index in [1.54, 1.807) is 0 Å². The van der Waals surface area contributed by atoms with Crippen molar-refractivity contribution in [1.82, 2.24) is 0 Å². The van der Waals surface area contributed by atoms with Gasteiger partial charge in [-0.2, -0.15) is 0 Å². The lowest BCUT2D eigenvalue weighted by Gasteiger charge is -2.28. The molecule has 1 rings (SSSR count). The van der Waals surface area contributed by atoms with E-state index < -0.39 is 0 Å². The van der Waals surface area contributed by atoms with Crippen LogP contribution in [0.15, 0.2) is 0 Å². The van der Waals surface area contributed by atoms with E-state index in [0.717, 1.165) is 18.3 Å². The van der Waals surface area contributed by atoms with E-state index in [2.05, 4.69) is 13.8 Å². The van der Waals surface area contributed by atoms with Crippen molar-refractivity contribution in [3.05, 3.63) is 0 Å². The Hall–Kier alpha value is -0.0800. The van der Waals surface area contributed by atoms with Gasteiger partial charge in [0.25, 0.3) is 0 Å². The normalized spacial score (nSPS) is 30.0. The van der Waals surface area contributed by atoms with Crippen LogP contribution in [0.2, 0.25) is 0 Å². The zero-order chi connectivity index (χ0) is 12.0. The number of nitrogens with two attached hydrogens (primary N) is 2. The van der Waals surface area contributed by atoms with Crippen molar-refractivity contribution in [2.45, 2.75) is 77.3 Å². The molecule has 0 aliphatic heterocycles. The summed E-state index contributed by atoms with van der Waals surface area (Å²) in [5.74, 6) is 1.78. The summed E-state index contributed by atoms with van der Waals surface area (Å²) < 4.78 is 0. The van der Waals surface area contributed by atoms with Crippen molar-refractivity contribution in [3.8, 4) is 0 Å². The van der Waals surface area contributed by atoms with Gasteiger partial charge < -0.3 is 11.5 Å². The summed E-state index contributed by atoms with van der Waals surface area (Å²) in [6.45, 7) is 4.56. The van der Waals surface area contributed by atoms with Crippen LogP contribution in [0, 0.1) is 11.8 Å². The highest BCUT2D eigenvalue weighted by molar-refractivity contribution is 4.76. The number of hydrogen-bond acceptors (Lipinski definition) is 2.